The highest BCUT2D eigenvalue weighted by atomic mass is 15.2. The molecule has 2 aliphatic rings. The van der Waals surface area contributed by atoms with Crippen molar-refractivity contribution in [3.05, 3.63) is 35.9 Å². The Hall–Kier alpha value is -1.37. The van der Waals surface area contributed by atoms with Crippen molar-refractivity contribution in [2.45, 2.75) is 56.1 Å². The molecule has 2 saturated carbocycles. The molecule has 1 aromatic carbocycles. The molecule has 0 amide bonds. The van der Waals surface area contributed by atoms with E-state index in [0.29, 0.717) is 12.1 Å². The Morgan fingerprint density at radius 2 is 2.05 bits per heavy atom. The first kappa shape index (κ1) is 14.6. The molecule has 21 heavy (non-hydrogen) atoms. The van der Waals surface area contributed by atoms with Gasteiger partial charge >= 0.3 is 0 Å². The van der Waals surface area contributed by atoms with Crippen molar-refractivity contribution >= 4 is 0 Å². The summed E-state index contributed by atoms with van der Waals surface area (Å²) in [5.41, 5.74) is 1.14. The standard InChI is InChI=1S/C18H25N3/c1-21(12-10-15-5-3-2-4-6-15)17-9-11-18(13-17,14-19)20-16-7-8-16/h2-6,16-17,20H,7-13H2,1H3. The van der Waals surface area contributed by atoms with E-state index in [-0.39, 0.29) is 5.54 Å². The largest absolute Gasteiger partial charge is 0.303 e. The lowest BCUT2D eigenvalue weighted by Crippen LogP contribution is -2.44. The van der Waals surface area contributed by atoms with Gasteiger partial charge in [-0.1, -0.05) is 30.3 Å². The number of nitriles is 1. The number of benzene rings is 1. The predicted molar refractivity (Wildman–Crippen MR) is 84.9 cm³/mol. The van der Waals surface area contributed by atoms with Crippen LogP contribution in [0.4, 0.5) is 0 Å². The fourth-order valence-corrected chi connectivity index (χ4v) is 3.41. The first-order valence-corrected chi connectivity index (χ1v) is 8.14. The third kappa shape index (κ3) is 3.64. The molecule has 1 N–H and O–H groups in total. The van der Waals surface area contributed by atoms with Gasteiger partial charge in [-0.15, -0.1) is 0 Å². The fourth-order valence-electron chi connectivity index (χ4n) is 3.41. The quantitative estimate of drug-likeness (QED) is 0.872. The summed E-state index contributed by atoms with van der Waals surface area (Å²) >= 11 is 0. The van der Waals surface area contributed by atoms with Crippen LogP contribution in [-0.2, 0) is 6.42 Å². The highest BCUT2D eigenvalue weighted by Gasteiger charge is 2.43. The number of hydrogen-bond acceptors (Lipinski definition) is 3. The van der Waals surface area contributed by atoms with Crippen LogP contribution in [0.1, 0.15) is 37.7 Å². The molecule has 112 valence electrons. The molecule has 2 aliphatic carbocycles. The summed E-state index contributed by atoms with van der Waals surface area (Å²) in [6.45, 7) is 1.07. The Bertz CT molecular complexity index is 503. The van der Waals surface area contributed by atoms with Crippen molar-refractivity contribution in [1.82, 2.24) is 10.2 Å². The smallest absolute Gasteiger partial charge is 0.108 e. The molecule has 1 aromatic rings. The molecule has 0 saturated heterocycles. The lowest BCUT2D eigenvalue weighted by atomic mass is 9.99. The van der Waals surface area contributed by atoms with Crippen molar-refractivity contribution in [3.63, 3.8) is 0 Å². The van der Waals surface area contributed by atoms with Crippen molar-refractivity contribution in [2.75, 3.05) is 13.6 Å². The van der Waals surface area contributed by atoms with Crippen molar-refractivity contribution in [2.24, 2.45) is 0 Å². The predicted octanol–water partition coefficient (Wildman–Crippen LogP) is 2.73. The topological polar surface area (TPSA) is 39.1 Å². The number of nitrogens with zero attached hydrogens (tertiary/aromatic N) is 2. The number of likely N-dealkylation sites (N-methyl/N-ethyl adjacent to an activating group) is 1. The third-order valence-electron chi connectivity index (χ3n) is 4.98. The van der Waals surface area contributed by atoms with E-state index in [1.165, 1.54) is 18.4 Å². The maximum absolute atomic E-state index is 9.57. The minimum atomic E-state index is -0.257. The molecule has 0 heterocycles. The average molecular weight is 283 g/mol. The van der Waals surface area contributed by atoms with Crippen LogP contribution in [0, 0.1) is 11.3 Å². The zero-order valence-electron chi connectivity index (χ0n) is 12.9. The summed E-state index contributed by atoms with van der Waals surface area (Å²) in [6, 6.07) is 14.4. The SMILES string of the molecule is CN(CCc1ccccc1)C1CCC(C#N)(NC2CC2)C1. The van der Waals surface area contributed by atoms with Gasteiger partial charge in [0.2, 0.25) is 0 Å². The second-order valence-corrected chi connectivity index (χ2v) is 6.73. The van der Waals surface area contributed by atoms with Crippen LogP contribution in [0.3, 0.4) is 0 Å². The molecular weight excluding hydrogens is 258 g/mol. The van der Waals surface area contributed by atoms with E-state index in [4.69, 9.17) is 0 Å². The van der Waals surface area contributed by atoms with Crippen LogP contribution in [0.2, 0.25) is 0 Å². The average Bonchev–Trinajstić information content (AvgIpc) is 3.23. The molecule has 3 rings (SSSR count). The number of hydrogen-bond donors (Lipinski definition) is 1. The van der Waals surface area contributed by atoms with Gasteiger partial charge in [-0.05, 0) is 51.1 Å². The number of rotatable bonds is 6. The minimum absolute atomic E-state index is 0.257. The van der Waals surface area contributed by atoms with E-state index in [1.54, 1.807) is 0 Å². The van der Waals surface area contributed by atoms with E-state index >= 15 is 0 Å². The Kier molecular flexibility index (Phi) is 4.28. The molecule has 2 fully saturated rings. The van der Waals surface area contributed by atoms with Crippen LogP contribution in [0.15, 0.2) is 30.3 Å². The highest BCUT2D eigenvalue weighted by molar-refractivity contribution is 5.17. The third-order valence-corrected chi connectivity index (χ3v) is 4.98. The molecule has 2 atom stereocenters. The Morgan fingerprint density at radius 1 is 1.29 bits per heavy atom. The van der Waals surface area contributed by atoms with E-state index < -0.39 is 0 Å². The molecule has 3 nitrogen and oxygen atoms in total. The van der Waals surface area contributed by atoms with Gasteiger partial charge in [0.1, 0.15) is 5.54 Å². The molecule has 3 heteroatoms. The van der Waals surface area contributed by atoms with Crippen LogP contribution in [0.5, 0.6) is 0 Å². The summed E-state index contributed by atoms with van der Waals surface area (Å²) in [5.74, 6) is 0. The zero-order chi connectivity index (χ0) is 14.7. The van der Waals surface area contributed by atoms with E-state index in [1.807, 2.05) is 0 Å². The second kappa shape index (κ2) is 6.17. The first-order valence-electron chi connectivity index (χ1n) is 8.14. The van der Waals surface area contributed by atoms with Gasteiger partial charge in [0.15, 0.2) is 0 Å². The van der Waals surface area contributed by atoms with Gasteiger partial charge in [0, 0.05) is 18.6 Å². The first-order chi connectivity index (χ1) is 10.2. The summed E-state index contributed by atoms with van der Waals surface area (Å²) in [7, 11) is 2.21. The van der Waals surface area contributed by atoms with Gasteiger partial charge in [-0.3, -0.25) is 5.32 Å². The van der Waals surface area contributed by atoms with E-state index in [9.17, 15) is 5.26 Å². The maximum atomic E-state index is 9.57. The lowest BCUT2D eigenvalue weighted by molar-refractivity contribution is 0.238. The zero-order valence-corrected chi connectivity index (χ0v) is 12.9. The van der Waals surface area contributed by atoms with E-state index in [2.05, 4.69) is 53.7 Å². The Balaban J connectivity index is 1.51. The van der Waals surface area contributed by atoms with Crippen molar-refractivity contribution < 1.29 is 0 Å². The van der Waals surface area contributed by atoms with Gasteiger partial charge in [0.25, 0.3) is 0 Å². The summed E-state index contributed by atoms with van der Waals surface area (Å²) < 4.78 is 0. The fraction of sp³-hybridized carbons (Fsp3) is 0.611. The highest BCUT2D eigenvalue weighted by Crippen LogP contribution is 2.35. The van der Waals surface area contributed by atoms with Crippen molar-refractivity contribution in [1.29, 1.82) is 5.26 Å². The lowest BCUT2D eigenvalue weighted by Gasteiger charge is -2.27. The van der Waals surface area contributed by atoms with Crippen LogP contribution in [0.25, 0.3) is 0 Å². The van der Waals surface area contributed by atoms with Crippen LogP contribution >= 0.6 is 0 Å². The second-order valence-electron chi connectivity index (χ2n) is 6.73. The van der Waals surface area contributed by atoms with Gasteiger partial charge in [-0.2, -0.15) is 5.26 Å². The van der Waals surface area contributed by atoms with Gasteiger partial charge < -0.3 is 4.90 Å². The molecule has 0 aliphatic heterocycles. The molecule has 0 spiro atoms. The number of nitrogens with one attached hydrogen (secondary N) is 1. The molecule has 0 bridgehead atoms. The van der Waals surface area contributed by atoms with Crippen LogP contribution in [-0.4, -0.2) is 36.1 Å². The van der Waals surface area contributed by atoms with Crippen LogP contribution < -0.4 is 5.32 Å². The van der Waals surface area contributed by atoms with Gasteiger partial charge in [-0.25, -0.2) is 0 Å². The normalized spacial score (nSPS) is 28.7. The summed E-state index contributed by atoms with van der Waals surface area (Å²) in [6.07, 6.45) is 6.70. The monoisotopic (exact) mass is 283 g/mol. The van der Waals surface area contributed by atoms with E-state index in [0.717, 1.165) is 32.2 Å². The Labute approximate surface area is 128 Å². The summed E-state index contributed by atoms with van der Waals surface area (Å²) in [4.78, 5) is 2.45. The van der Waals surface area contributed by atoms with Crippen molar-refractivity contribution in [3.8, 4) is 6.07 Å². The molecule has 2 unspecified atom stereocenters. The Morgan fingerprint density at radius 3 is 2.71 bits per heavy atom. The maximum Gasteiger partial charge on any atom is 0.108 e. The molecule has 0 aromatic heterocycles. The molecular formula is C18H25N3. The molecule has 0 radical (unpaired) electrons. The summed E-state index contributed by atoms with van der Waals surface area (Å²) in [5, 5.41) is 13.2. The minimum Gasteiger partial charge on any atom is -0.303 e. The van der Waals surface area contributed by atoms with Gasteiger partial charge in [0.05, 0.1) is 6.07 Å².